The fourth-order valence-electron chi connectivity index (χ4n) is 6.66. The smallest absolute Gasteiger partial charge is 0.293 e. The van der Waals surface area contributed by atoms with Crippen LogP contribution in [0.5, 0.6) is 0 Å². The Hall–Kier alpha value is -1.53. The van der Waals surface area contributed by atoms with Crippen molar-refractivity contribution in [3.63, 3.8) is 0 Å². The van der Waals surface area contributed by atoms with E-state index in [2.05, 4.69) is 19.9 Å². The fourth-order valence-corrected chi connectivity index (χ4v) is 6.66. The molecule has 142 valence electrons. The van der Waals surface area contributed by atoms with E-state index in [1.165, 1.54) is 0 Å². The molecule has 1 aliphatic heterocycles. The van der Waals surface area contributed by atoms with Crippen molar-refractivity contribution in [2.24, 2.45) is 22.7 Å². The lowest BCUT2D eigenvalue weighted by molar-refractivity contribution is -0.155. The minimum atomic E-state index is -1.18. The molecule has 6 heteroatoms. The van der Waals surface area contributed by atoms with Gasteiger partial charge in [0.15, 0.2) is 11.4 Å². The summed E-state index contributed by atoms with van der Waals surface area (Å²) in [5, 5.41) is 9.40. The van der Waals surface area contributed by atoms with E-state index < -0.39 is 24.1 Å². The molecule has 4 aliphatic rings. The minimum absolute atomic E-state index is 0.161. The zero-order chi connectivity index (χ0) is 18.7. The van der Waals surface area contributed by atoms with Gasteiger partial charge in [-0.05, 0) is 60.3 Å². The van der Waals surface area contributed by atoms with Crippen molar-refractivity contribution < 1.29 is 29.0 Å². The molecule has 0 amide bonds. The number of ketones is 1. The first-order valence-corrected chi connectivity index (χ1v) is 9.45. The van der Waals surface area contributed by atoms with Crippen molar-refractivity contribution in [3.05, 3.63) is 11.6 Å². The molecule has 0 radical (unpaired) electrons. The van der Waals surface area contributed by atoms with E-state index in [1.807, 2.05) is 0 Å². The molecule has 0 aromatic heterocycles. The molecule has 0 aromatic carbocycles. The van der Waals surface area contributed by atoms with Crippen LogP contribution in [-0.4, -0.2) is 48.1 Å². The number of allylic oxidation sites excluding steroid dienone is 2. The molecule has 0 aromatic rings. The Morgan fingerprint density at radius 1 is 1.38 bits per heavy atom. The molecule has 26 heavy (non-hydrogen) atoms. The predicted molar refractivity (Wildman–Crippen MR) is 91.1 cm³/mol. The Morgan fingerprint density at radius 3 is 2.81 bits per heavy atom. The number of fused-ring (bicyclic) bond motifs is 5. The van der Waals surface area contributed by atoms with Crippen LogP contribution in [0.25, 0.3) is 0 Å². The normalized spacial score (nSPS) is 49.0. The Balaban J connectivity index is 1.74. The van der Waals surface area contributed by atoms with Crippen molar-refractivity contribution in [2.75, 3.05) is 6.61 Å². The number of carbonyl (C=O) groups excluding carboxylic acids is 3. The van der Waals surface area contributed by atoms with Crippen LogP contribution in [-0.2, 0) is 23.9 Å². The van der Waals surface area contributed by atoms with E-state index in [-0.39, 0.29) is 28.8 Å². The van der Waals surface area contributed by atoms with Gasteiger partial charge in [-0.25, -0.2) is 0 Å². The summed E-state index contributed by atoms with van der Waals surface area (Å²) in [5.41, 5.74) is -0.677. The van der Waals surface area contributed by atoms with Crippen LogP contribution in [0.1, 0.15) is 46.0 Å². The standard InChI is InChI=1S/C20H26O6/c1-18-7-6-13-17-20(26-17,15(24)10-22)16(25-11-23)8-19(13,2)14(18)5-3-4-12(18)9-21/h4,9,11,13-14,16-17,22H,3,5-8,10H2,1-2H3/t13-,14+,16+,17-,18+,19+,20+/m0/s1. The summed E-state index contributed by atoms with van der Waals surface area (Å²) in [6.45, 7) is 4.13. The maximum Gasteiger partial charge on any atom is 0.293 e. The first-order chi connectivity index (χ1) is 12.4. The lowest BCUT2D eigenvalue weighted by Crippen LogP contribution is -2.60. The van der Waals surface area contributed by atoms with Gasteiger partial charge < -0.3 is 14.6 Å². The van der Waals surface area contributed by atoms with Gasteiger partial charge in [-0.1, -0.05) is 19.9 Å². The predicted octanol–water partition coefficient (Wildman–Crippen LogP) is 1.59. The molecular formula is C20H26O6. The average molecular weight is 362 g/mol. The highest BCUT2D eigenvalue weighted by molar-refractivity contribution is 5.93. The number of Topliss-reactive ketones (excluding diaryl/α,β-unsaturated/α-hetero) is 1. The number of hydrogen-bond acceptors (Lipinski definition) is 6. The van der Waals surface area contributed by atoms with E-state index in [0.29, 0.717) is 12.9 Å². The second kappa shape index (κ2) is 5.73. The van der Waals surface area contributed by atoms with Crippen molar-refractivity contribution >= 4 is 18.5 Å². The van der Waals surface area contributed by atoms with E-state index in [4.69, 9.17) is 9.47 Å². The summed E-state index contributed by atoms with van der Waals surface area (Å²) in [7, 11) is 0. The van der Waals surface area contributed by atoms with Gasteiger partial charge in [-0.2, -0.15) is 0 Å². The molecule has 7 atom stereocenters. The molecule has 4 rings (SSSR count). The third-order valence-electron chi connectivity index (χ3n) is 7.95. The van der Waals surface area contributed by atoms with Crippen LogP contribution in [0.3, 0.4) is 0 Å². The van der Waals surface area contributed by atoms with Crippen LogP contribution in [0.4, 0.5) is 0 Å². The van der Waals surface area contributed by atoms with Crippen LogP contribution in [0.15, 0.2) is 11.6 Å². The van der Waals surface area contributed by atoms with E-state index in [1.54, 1.807) is 0 Å². The SMILES string of the molecule is C[C@@]12C[C@@H](OC=O)[C@@]3(C(=O)CO)O[C@H]3[C@@H]1CC[C@]1(C)C(C=O)=CCC[C@@H]21. The monoisotopic (exact) mass is 362 g/mol. The van der Waals surface area contributed by atoms with Gasteiger partial charge in [0.1, 0.15) is 25.1 Å². The summed E-state index contributed by atoms with van der Waals surface area (Å²) in [6, 6.07) is 0. The molecule has 0 bridgehead atoms. The third-order valence-corrected chi connectivity index (χ3v) is 7.95. The van der Waals surface area contributed by atoms with E-state index in [9.17, 15) is 19.5 Å². The summed E-state index contributed by atoms with van der Waals surface area (Å²) < 4.78 is 11.2. The van der Waals surface area contributed by atoms with Gasteiger partial charge >= 0.3 is 0 Å². The number of epoxide rings is 1. The number of rotatable bonds is 5. The topological polar surface area (TPSA) is 93.2 Å². The Kier molecular flexibility index (Phi) is 3.94. The summed E-state index contributed by atoms with van der Waals surface area (Å²) >= 11 is 0. The van der Waals surface area contributed by atoms with Gasteiger partial charge in [0, 0.05) is 0 Å². The summed E-state index contributed by atoms with van der Waals surface area (Å²) in [6.07, 6.45) is 6.14. The Labute approximate surface area is 152 Å². The number of hydrogen-bond donors (Lipinski definition) is 1. The molecule has 0 unspecified atom stereocenters. The maximum atomic E-state index is 12.4. The first-order valence-electron chi connectivity index (χ1n) is 9.45. The van der Waals surface area contributed by atoms with Gasteiger partial charge in [-0.3, -0.25) is 14.4 Å². The van der Waals surface area contributed by atoms with Gasteiger partial charge in [0.05, 0.1) is 0 Å². The largest absolute Gasteiger partial charge is 0.461 e. The summed E-state index contributed by atoms with van der Waals surface area (Å²) in [5.74, 6) is 0.0264. The minimum Gasteiger partial charge on any atom is -0.461 e. The molecule has 0 spiro atoms. The van der Waals surface area contributed by atoms with Crippen molar-refractivity contribution in [1.29, 1.82) is 0 Å². The highest BCUT2D eigenvalue weighted by Crippen LogP contribution is 2.69. The maximum absolute atomic E-state index is 12.4. The number of carbonyl (C=O) groups is 3. The molecule has 3 aliphatic carbocycles. The van der Waals surface area contributed by atoms with Gasteiger partial charge in [-0.15, -0.1) is 0 Å². The summed E-state index contributed by atoms with van der Waals surface area (Å²) in [4.78, 5) is 35.2. The quantitative estimate of drug-likeness (QED) is 0.590. The number of ether oxygens (including phenoxy) is 2. The molecule has 1 heterocycles. The third kappa shape index (κ3) is 2.03. The Bertz CT molecular complexity index is 686. The van der Waals surface area contributed by atoms with Crippen molar-refractivity contribution in [1.82, 2.24) is 0 Å². The lowest BCUT2D eigenvalue weighted by Gasteiger charge is -2.60. The van der Waals surface area contributed by atoms with Crippen molar-refractivity contribution in [3.8, 4) is 0 Å². The molecular weight excluding hydrogens is 336 g/mol. The fraction of sp³-hybridized carbons (Fsp3) is 0.750. The number of aldehydes is 1. The van der Waals surface area contributed by atoms with Crippen LogP contribution in [0.2, 0.25) is 0 Å². The molecule has 3 fully saturated rings. The zero-order valence-corrected chi connectivity index (χ0v) is 15.3. The van der Waals surface area contributed by atoms with E-state index in [0.717, 1.165) is 37.5 Å². The highest BCUT2D eigenvalue weighted by Gasteiger charge is 2.77. The number of aliphatic hydroxyl groups excluding tert-OH is 1. The van der Waals surface area contributed by atoms with Crippen LogP contribution >= 0.6 is 0 Å². The Morgan fingerprint density at radius 2 is 2.15 bits per heavy atom. The lowest BCUT2D eigenvalue weighted by atomic mass is 9.43. The van der Waals surface area contributed by atoms with Gasteiger partial charge in [0.2, 0.25) is 0 Å². The number of aliphatic hydroxyl groups is 1. The highest BCUT2D eigenvalue weighted by atomic mass is 16.7. The van der Waals surface area contributed by atoms with Gasteiger partial charge in [0.25, 0.3) is 6.47 Å². The molecule has 6 nitrogen and oxygen atoms in total. The second-order valence-corrected chi connectivity index (χ2v) is 8.81. The van der Waals surface area contributed by atoms with Crippen LogP contribution < -0.4 is 0 Å². The van der Waals surface area contributed by atoms with Crippen LogP contribution in [0, 0.1) is 22.7 Å². The van der Waals surface area contributed by atoms with Crippen molar-refractivity contribution in [2.45, 2.75) is 63.8 Å². The van der Waals surface area contributed by atoms with E-state index >= 15 is 0 Å². The molecule has 2 saturated carbocycles. The average Bonchev–Trinajstić information content (AvgIpc) is 3.37. The zero-order valence-electron chi connectivity index (χ0n) is 15.3. The molecule has 1 saturated heterocycles. The first kappa shape index (κ1) is 17.9. The molecule has 1 N–H and O–H groups in total. The second-order valence-electron chi connectivity index (χ2n) is 8.81.